The van der Waals surface area contributed by atoms with E-state index in [0.717, 1.165) is 33.4 Å². The predicted octanol–water partition coefficient (Wildman–Crippen LogP) is 3.90. The molecule has 0 aliphatic carbocycles. The van der Waals surface area contributed by atoms with Crippen LogP contribution in [0.25, 0.3) is 11.4 Å². The van der Waals surface area contributed by atoms with Crippen LogP contribution in [0.5, 0.6) is 0 Å². The number of aromatic nitrogens is 4. The van der Waals surface area contributed by atoms with E-state index in [-0.39, 0.29) is 0 Å². The van der Waals surface area contributed by atoms with Gasteiger partial charge < -0.3 is 0 Å². The molecule has 4 nitrogen and oxygen atoms in total. The number of aryl methyl sites for hydroxylation is 2. The topological polar surface area (TPSA) is 43.6 Å². The van der Waals surface area contributed by atoms with Crippen LogP contribution in [-0.4, -0.2) is 19.7 Å². The first kappa shape index (κ1) is 15.7. The molecule has 0 saturated heterocycles. The van der Waals surface area contributed by atoms with E-state index in [0.29, 0.717) is 16.9 Å². The second-order valence-electron chi connectivity index (χ2n) is 5.21. The first-order valence-corrected chi connectivity index (χ1v) is 8.12. The van der Waals surface area contributed by atoms with Crippen molar-refractivity contribution in [2.24, 2.45) is 13.0 Å². The largest absolute Gasteiger partial charge is 0.275 e. The Kier molecular flexibility index (Phi) is 5.01. The molecule has 20 heavy (non-hydrogen) atoms. The molecule has 0 aliphatic heterocycles. The van der Waals surface area contributed by atoms with Crippen molar-refractivity contribution in [3.8, 4) is 11.4 Å². The van der Waals surface area contributed by atoms with E-state index < -0.39 is 0 Å². The Labute approximate surface area is 138 Å². The van der Waals surface area contributed by atoms with E-state index in [1.54, 1.807) is 4.68 Å². The monoisotopic (exact) mass is 404 g/mol. The second-order valence-corrected chi connectivity index (χ2v) is 6.65. The molecule has 0 aliphatic rings. The Morgan fingerprint density at radius 1 is 1.30 bits per heavy atom. The van der Waals surface area contributed by atoms with Gasteiger partial charge in [0.1, 0.15) is 5.15 Å². The number of hydrogen-bond acceptors (Lipinski definition) is 3. The van der Waals surface area contributed by atoms with Gasteiger partial charge in [0.15, 0.2) is 5.82 Å². The molecule has 0 spiro atoms. The maximum absolute atomic E-state index is 6.27. The summed E-state index contributed by atoms with van der Waals surface area (Å²) in [6, 6.07) is 0. The van der Waals surface area contributed by atoms with E-state index in [1.807, 2.05) is 13.2 Å². The number of halogens is 2. The van der Waals surface area contributed by atoms with Gasteiger partial charge >= 0.3 is 0 Å². The van der Waals surface area contributed by atoms with Gasteiger partial charge in [-0.3, -0.25) is 4.68 Å². The third-order valence-electron chi connectivity index (χ3n) is 2.96. The lowest BCUT2D eigenvalue weighted by molar-refractivity contribution is 0.632. The maximum Gasteiger partial charge on any atom is 0.164 e. The van der Waals surface area contributed by atoms with Crippen molar-refractivity contribution in [1.29, 1.82) is 0 Å². The van der Waals surface area contributed by atoms with Crippen LogP contribution >= 0.6 is 34.2 Å². The summed E-state index contributed by atoms with van der Waals surface area (Å²) < 4.78 is 2.74. The third kappa shape index (κ3) is 3.31. The standard InChI is InChI=1S/C14H18ClIN4/c1-5-10-9(7-20(4)19-10)14-17-11(6-8(2)3)12(16)13(15)18-14/h7-8H,5-6H2,1-4H3. The zero-order valence-electron chi connectivity index (χ0n) is 12.1. The highest BCUT2D eigenvalue weighted by Gasteiger charge is 2.16. The summed E-state index contributed by atoms with van der Waals surface area (Å²) in [7, 11) is 1.91. The van der Waals surface area contributed by atoms with Crippen molar-refractivity contribution in [2.45, 2.75) is 33.6 Å². The first-order valence-electron chi connectivity index (χ1n) is 6.67. The van der Waals surface area contributed by atoms with Crippen LogP contribution in [-0.2, 0) is 19.9 Å². The molecule has 2 aromatic heterocycles. The highest BCUT2D eigenvalue weighted by Crippen LogP contribution is 2.27. The lowest BCUT2D eigenvalue weighted by Gasteiger charge is -2.10. The fourth-order valence-electron chi connectivity index (χ4n) is 2.09. The highest BCUT2D eigenvalue weighted by atomic mass is 127. The molecule has 0 radical (unpaired) electrons. The molecule has 0 fully saturated rings. The van der Waals surface area contributed by atoms with Crippen LogP contribution in [0, 0.1) is 9.49 Å². The van der Waals surface area contributed by atoms with E-state index in [4.69, 9.17) is 16.6 Å². The molecule has 0 amide bonds. The highest BCUT2D eigenvalue weighted by molar-refractivity contribution is 14.1. The Hall–Kier alpha value is -0.690. The van der Waals surface area contributed by atoms with Gasteiger partial charge in [0.2, 0.25) is 0 Å². The van der Waals surface area contributed by atoms with E-state index >= 15 is 0 Å². The predicted molar refractivity (Wildman–Crippen MR) is 89.9 cm³/mol. The van der Waals surface area contributed by atoms with E-state index in [2.05, 4.69) is 53.4 Å². The summed E-state index contributed by atoms with van der Waals surface area (Å²) in [5.41, 5.74) is 2.99. The Bertz CT molecular complexity index is 622. The van der Waals surface area contributed by atoms with Crippen molar-refractivity contribution >= 4 is 34.2 Å². The smallest absolute Gasteiger partial charge is 0.164 e. The number of nitrogens with zero attached hydrogens (tertiary/aromatic N) is 4. The fourth-order valence-corrected chi connectivity index (χ4v) is 2.74. The van der Waals surface area contributed by atoms with Crippen molar-refractivity contribution < 1.29 is 0 Å². The van der Waals surface area contributed by atoms with Gasteiger partial charge in [-0.25, -0.2) is 9.97 Å². The van der Waals surface area contributed by atoms with Gasteiger partial charge in [-0.1, -0.05) is 32.4 Å². The SMILES string of the molecule is CCc1nn(C)cc1-c1nc(Cl)c(I)c(CC(C)C)n1. The molecule has 0 N–H and O–H groups in total. The van der Waals surface area contributed by atoms with Gasteiger partial charge in [0.25, 0.3) is 0 Å². The Balaban J connectivity index is 2.54. The van der Waals surface area contributed by atoms with E-state index in [9.17, 15) is 0 Å². The van der Waals surface area contributed by atoms with Crippen LogP contribution in [0.3, 0.4) is 0 Å². The average molecular weight is 405 g/mol. The second kappa shape index (κ2) is 6.39. The van der Waals surface area contributed by atoms with Crippen LogP contribution in [0.1, 0.15) is 32.2 Å². The minimum atomic E-state index is 0.525. The van der Waals surface area contributed by atoms with Crippen LogP contribution in [0.15, 0.2) is 6.20 Å². The molecule has 2 aromatic rings. The molecular weight excluding hydrogens is 387 g/mol. The lowest BCUT2D eigenvalue weighted by atomic mass is 10.1. The van der Waals surface area contributed by atoms with Crippen molar-refractivity contribution in [3.63, 3.8) is 0 Å². The summed E-state index contributed by atoms with van der Waals surface area (Å²) in [5, 5.41) is 4.97. The molecule has 0 bridgehead atoms. The van der Waals surface area contributed by atoms with Gasteiger partial charge in [0.05, 0.1) is 20.5 Å². The summed E-state index contributed by atoms with van der Waals surface area (Å²) >= 11 is 8.49. The molecule has 0 atom stereocenters. The van der Waals surface area contributed by atoms with Crippen LogP contribution in [0.4, 0.5) is 0 Å². The first-order chi connectivity index (χ1) is 9.42. The summed E-state index contributed by atoms with van der Waals surface area (Å²) in [6.45, 7) is 6.43. The van der Waals surface area contributed by atoms with Gasteiger partial charge in [-0.05, 0) is 41.4 Å². The Morgan fingerprint density at radius 2 is 2.00 bits per heavy atom. The van der Waals surface area contributed by atoms with Crippen molar-refractivity contribution in [2.75, 3.05) is 0 Å². The molecule has 0 saturated carbocycles. The summed E-state index contributed by atoms with van der Waals surface area (Å²) in [4.78, 5) is 9.14. The zero-order chi connectivity index (χ0) is 14.9. The van der Waals surface area contributed by atoms with Crippen LogP contribution in [0.2, 0.25) is 5.15 Å². The van der Waals surface area contributed by atoms with Gasteiger partial charge in [0, 0.05) is 13.2 Å². The van der Waals surface area contributed by atoms with Crippen molar-refractivity contribution in [3.05, 3.63) is 26.3 Å². The maximum atomic E-state index is 6.27. The van der Waals surface area contributed by atoms with Gasteiger partial charge in [-0.2, -0.15) is 5.10 Å². The Morgan fingerprint density at radius 3 is 2.60 bits per heavy atom. The third-order valence-corrected chi connectivity index (χ3v) is 4.69. The quantitative estimate of drug-likeness (QED) is 0.573. The molecule has 0 unspecified atom stereocenters. The van der Waals surface area contributed by atoms with Gasteiger partial charge in [-0.15, -0.1) is 0 Å². The number of rotatable bonds is 4. The minimum absolute atomic E-state index is 0.525. The molecule has 2 rings (SSSR count). The molecule has 108 valence electrons. The molecule has 6 heteroatoms. The van der Waals surface area contributed by atoms with E-state index in [1.165, 1.54) is 0 Å². The van der Waals surface area contributed by atoms with Crippen LogP contribution < -0.4 is 0 Å². The normalized spacial score (nSPS) is 11.3. The van der Waals surface area contributed by atoms with Crippen molar-refractivity contribution in [1.82, 2.24) is 19.7 Å². The lowest BCUT2D eigenvalue weighted by Crippen LogP contribution is -2.05. The average Bonchev–Trinajstić information content (AvgIpc) is 2.75. The molecular formula is C14H18ClIN4. The zero-order valence-corrected chi connectivity index (χ0v) is 15.0. The number of hydrogen-bond donors (Lipinski definition) is 0. The molecule has 0 aromatic carbocycles. The molecule has 2 heterocycles. The summed E-state index contributed by atoms with van der Waals surface area (Å²) in [5.74, 6) is 1.21. The minimum Gasteiger partial charge on any atom is -0.275 e. The summed E-state index contributed by atoms with van der Waals surface area (Å²) in [6.07, 6.45) is 3.70. The fraction of sp³-hybridized carbons (Fsp3) is 0.500.